The molecular formula is C17H30N4S. The van der Waals surface area contributed by atoms with E-state index < -0.39 is 0 Å². The number of aliphatic imine (C=N–C) groups is 1. The number of hydrogen-bond donors (Lipinski definition) is 2. The lowest BCUT2D eigenvalue weighted by atomic mass is 10.0. The highest BCUT2D eigenvalue weighted by atomic mass is 32.1. The molecule has 3 N–H and O–H groups in total. The second-order valence-corrected chi connectivity index (χ2v) is 7.31. The molecule has 1 aromatic heterocycles. The van der Waals surface area contributed by atoms with Crippen molar-refractivity contribution in [1.82, 2.24) is 10.2 Å². The van der Waals surface area contributed by atoms with E-state index in [1.165, 1.54) is 43.8 Å². The summed E-state index contributed by atoms with van der Waals surface area (Å²) < 4.78 is 0. The Bertz CT molecular complexity index is 430. The van der Waals surface area contributed by atoms with Crippen molar-refractivity contribution in [2.45, 2.75) is 39.0 Å². The molecule has 1 unspecified atom stereocenters. The zero-order valence-electron chi connectivity index (χ0n) is 13.8. The standard InChI is InChI=1S/C17H30N4S/c1-15-6-4-12-21(14-15)11-3-2-9-19-17(18)20-10-8-16-7-5-13-22-16/h5,7,13,15H,2-4,6,8-12,14H2,1H3,(H3,18,19,20). The Labute approximate surface area is 138 Å². The fourth-order valence-electron chi connectivity index (χ4n) is 2.96. The predicted octanol–water partition coefficient (Wildman–Crippen LogP) is 2.71. The van der Waals surface area contributed by atoms with Crippen LogP contribution in [0.5, 0.6) is 0 Å². The summed E-state index contributed by atoms with van der Waals surface area (Å²) >= 11 is 1.79. The number of nitrogens with one attached hydrogen (secondary N) is 1. The van der Waals surface area contributed by atoms with Gasteiger partial charge in [-0.1, -0.05) is 13.0 Å². The van der Waals surface area contributed by atoms with Crippen LogP contribution < -0.4 is 11.1 Å². The van der Waals surface area contributed by atoms with Gasteiger partial charge in [-0.3, -0.25) is 4.99 Å². The number of unbranched alkanes of at least 4 members (excludes halogenated alkanes) is 1. The van der Waals surface area contributed by atoms with Gasteiger partial charge in [0.15, 0.2) is 5.96 Å². The van der Waals surface area contributed by atoms with Crippen LogP contribution in [-0.2, 0) is 6.42 Å². The van der Waals surface area contributed by atoms with Crippen molar-refractivity contribution in [2.24, 2.45) is 16.6 Å². The highest BCUT2D eigenvalue weighted by Gasteiger charge is 2.15. The molecule has 124 valence electrons. The minimum Gasteiger partial charge on any atom is -0.370 e. The van der Waals surface area contributed by atoms with Crippen molar-refractivity contribution < 1.29 is 0 Å². The lowest BCUT2D eigenvalue weighted by molar-refractivity contribution is 0.181. The molecule has 0 bridgehead atoms. The van der Waals surface area contributed by atoms with E-state index in [0.717, 1.165) is 31.8 Å². The Balaban J connectivity index is 1.49. The minimum absolute atomic E-state index is 0.586. The largest absolute Gasteiger partial charge is 0.370 e. The molecule has 0 radical (unpaired) electrons. The van der Waals surface area contributed by atoms with Gasteiger partial charge in [0, 0.05) is 24.5 Å². The van der Waals surface area contributed by atoms with Crippen LogP contribution in [0.1, 0.15) is 37.5 Å². The maximum Gasteiger partial charge on any atom is 0.188 e. The van der Waals surface area contributed by atoms with Crippen molar-refractivity contribution in [3.05, 3.63) is 22.4 Å². The van der Waals surface area contributed by atoms with Gasteiger partial charge in [-0.2, -0.15) is 0 Å². The topological polar surface area (TPSA) is 53.6 Å². The highest BCUT2D eigenvalue weighted by molar-refractivity contribution is 7.09. The first-order valence-corrected chi connectivity index (χ1v) is 9.40. The first-order chi connectivity index (χ1) is 10.7. The SMILES string of the molecule is CC1CCCN(CCCCN=C(N)NCCc2cccs2)C1. The Morgan fingerprint density at radius 2 is 2.41 bits per heavy atom. The van der Waals surface area contributed by atoms with Gasteiger partial charge < -0.3 is 16.0 Å². The molecule has 1 saturated heterocycles. The van der Waals surface area contributed by atoms with Gasteiger partial charge in [0.2, 0.25) is 0 Å². The molecule has 0 aromatic carbocycles. The molecule has 1 aliphatic rings. The van der Waals surface area contributed by atoms with Gasteiger partial charge in [-0.25, -0.2) is 0 Å². The van der Waals surface area contributed by atoms with Gasteiger partial charge in [0.1, 0.15) is 0 Å². The van der Waals surface area contributed by atoms with E-state index in [0.29, 0.717) is 5.96 Å². The van der Waals surface area contributed by atoms with E-state index >= 15 is 0 Å². The molecule has 0 aliphatic carbocycles. The second-order valence-electron chi connectivity index (χ2n) is 6.28. The number of nitrogens with two attached hydrogens (primary N) is 1. The number of nitrogens with zero attached hydrogens (tertiary/aromatic N) is 2. The molecule has 1 aliphatic heterocycles. The zero-order chi connectivity index (χ0) is 15.6. The van der Waals surface area contributed by atoms with Crippen LogP contribution in [0.15, 0.2) is 22.5 Å². The third-order valence-electron chi connectivity index (χ3n) is 4.16. The maximum absolute atomic E-state index is 5.89. The van der Waals surface area contributed by atoms with Crippen LogP contribution in [0.4, 0.5) is 0 Å². The Morgan fingerprint density at radius 3 is 3.18 bits per heavy atom. The molecule has 22 heavy (non-hydrogen) atoms. The number of piperidine rings is 1. The number of guanidine groups is 1. The van der Waals surface area contributed by atoms with Crippen molar-refractivity contribution in [1.29, 1.82) is 0 Å². The predicted molar refractivity (Wildman–Crippen MR) is 96.6 cm³/mol. The van der Waals surface area contributed by atoms with Crippen molar-refractivity contribution in [3.63, 3.8) is 0 Å². The average molecular weight is 323 g/mol. The van der Waals surface area contributed by atoms with Gasteiger partial charge in [-0.15, -0.1) is 11.3 Å². The molecule has 4 nitrogen and oxygen atoms in total. The monoisotopic (exact) mass is 322 g/mol. The molecule has 5 heteroatoms. The van der Waals surface area contributed by atoms with E-state index in [9.17, 15) is 0 Å². The normalized spacial score (nSPS) is 20.2. The van der Waals surface area contributed by atoms with Gasteiger partial charge in [0.05, 0.1) is 0 Å². The molecule has 1 aromatic rings. The van der Waals surface area contributed by atoms with Crippen LogP contribution >= 0.6 is 11.3 Å². The van der Waals surface area contributed by atoms with Crippen LogP contribution in [0.2, 0.25) is 0 Å². The molecule has 0 spiro atoms. The van der Waals surface area contributed by atoms with Gasteiger partial charge in [-0.05, 0) is 62.6 Å². The number of likely N-dealkylation sites (tertiary alicyclic amines) is 1. The first-order valence-electron chi connectivity index (χ1n) is 8.52. The Hall–Kier alpha value is -1.07. The molecule has 1 fully saturated rings. The summed E-state index contributed by atoms with van der Waals surface area (Å²) in [5.41, 5.74) is 5.89. The summed E-state index contributed by atoms with van der Waals surface area (Å²) in [4.78, 5) is 8.39. The molecule has 0 saturated carbocycles. The summed E-state index contributed by atoms with van der Waals surface area (Å²) in [6.07, 6.45) is 6.12. The van der Waals surface area contributed by atoms with Gasteiger partial charge in [0.25, 0.3) is 0 Å². The lowest BCUT2D eigenvalue weighted by Gasteiger charge is -2.30. The Morgan fingerprint density at radius 1 is 1.50 bits per heavy atom. The van der Waals surface area contributed by atoms with E-state index in [1.807, 2.05) is 0 Å². The number of rotatable bonds is 8. The maximum atomic E-state index is 5.89. The summed E-state index contributed by atoms with van der Waals surface area (Å²) in [6, 6.07) is 4.24. The van der Waals surface area contributed by atoms with E-state index in [4.69, 9.17) is 5.73 Å². The van der Waals surface area contributed by atoms with Crippen molar-refractivity contribution >= 4 is 17.3 Å². The van der Waals surface area contributed by atoms with Crippen LogP contribution in [0.3, 0.4) is 0 Å². The average Bonchev–Trinajstić information content (AvgIpc) is 3.00. The third-order valence-corrected chi connectivity index (χ3v) is 5.10. The molecule has 0 amide bonds. The van der Waals surface area contributed by atoms with Crippen LogP contribution in [-0.4, -0.2) is 43.6 Å². The summed E-state index contributed by atoms with van der Waals surface area (Å²) in [7, 11) is 0. The quantitative estimate of drug-likeness (QED) is 0.439. The van der Waals surface area contributed by atoms with Crippen LogP contribution in [0.25, 0.3) is 0 Å². The highest BCUT2D eigenvalue weighted by Crippen LogP contribution is 2.15. The summed E-state index contributed by atoms with van der Waals surface area (Å²) in [5, 5.41) is 5.30. The summed E-state index contributed by atoms with van der Waals surface area (Å²) in [6.45, 7) is 7.82. The van der Waals surface area contributed by atoms with Crippen molar-refractivity contribution in [3.8, 4) is 0 Å². The smallest absolute Gasteiger partial charge is 0.188 e. The minimum atomic E-state index is 0.586. The number of thiophene rings is 1. The van der Waals surface area contributed by atoms with E-state index in [1.54, 1.807) is 11.3 Å². The number of hydrogen-bond acceptors (Lipinski definition) is 3. The fourth-order valence-corrected chi connectivity index (χ4v) is 3.67. The van der Waals surface area contributed by atoms with Crippen LogP contribution in [0, 0.1) is 5.92 Å². The molecule has 1 atom stereocenters. The second kappa shape index (κ2) is 9.85. The summed E-state index contributed by atoms with van der Waals surface area (Å²) in [5.74, 6) is 1.46. The molecule has 2 heterocycles. The van der Waals surface area contributed by atoms with Gasteiger partial charge >= 0.3 is 0 Å². The van der Waals surface area contributed by atoms with E-state index in [-0.39, 0.29) is 0 Å². The van der Waals surface area contributed by atoms with Crippen molar-refractivity contribution in [2.75, 3.05) is 32.7 Å². The van der Waals surface area contributed by atoms with E-state index in [2.05, 4.69) is 39.6 Å². The molecule has 2 rings (SSSR count). The zero-order valence-corrected chi connectivity index (χ0v) is 14.6. The lowest BCUT2D eigenvalue weighted by Crippen LogP contribution is -2.35. The first kappa shape index (κ1) is 17.3. The molecular weight excluding hydrogens is 292 g/mol. The fraction of sp³-hybridized carbons (Fsp3) is 0.706. The Kier molecular flexibility index (Phi) is 7.74. The third kappa shape index (κ3) is 6.79.